The molecule has 2 aromatic rings. The van der Waals surface area contributed by atoms with E-state index in [4.69, 9.17) is 0 Å². The van der Waals surface area contributed by atoms with Crippen molar-refractivity contribution in [3.63, 3.8) is 0 Å². The van der Waals surface area contributed by atoms with Gasteiger partial charge in [0.1, 0.15) is 11.9 Å². The summed E-state index contributed by atoms with van der Waals surface area (Å²) in [6, 6.07) is 1.89. The van der Waals surface area contributed by atoms with E-state index in [2.05, 4.69) is 15.1 Å². The summed E-state index contributed by atoms with van der Waals surface area (Å²) < 4.78 is 1.88. The fourth-order valence-corrected chi connectivity index (χ4v) is 3.25. The number of hydrogen-bond acceptors (Lipinski definition) is 6. The van der Waals surface area contributed by atoms with Crippen molar-refractivity contribution in [3.8, 4) is 0 Å². The first-order chi connectivity index (χ1) is 12.5. The molecule has 0 spiro atoms. The molecule has 1 amide bonds. The van der Waals surface area contributed by atoms with E-state index in [1.54, 1.807) is 17.3 Å². The first-order valence-corrected chi connectivity index (χ1v) is 9.02. The van der Waals surface area contributed by atoms with Gasteiger partial charge in [0.2, 0.25) is 0 Å². The second-order valence-electron chi connectivity index (χ2n) is 7.39. The van der Waals surface area contributed by atoms with Crippen molar-refractivity contribution in [1.29, 1.82) is 0 Å². The van der Waals surface area contributed by atoms with E-state index < -0.39 is 6.10 Å². The molecule has 26 heavy (non-hydrogen) atoms. The van der Waals surface area contributed by atoms with Crippen molar-refractivity contribution in [2.45, 2.75) is 38.0 Å². The third-order valence-corrected chi connectivity index (χ3v) is 4.84. The maximum absolute atomic E-state index is 12.8. The zero-order chi connectivity index (χ0) is 18.3. The van der Waals surface area contributed by atoms with Gasteiger partial charge in [0.25, 0.3) is 5.91 Å². The van der Waals surface area contributed by atoms with Crippen LogP contribution in [0.5, 0.6) is 0 Å². The summed E-state index contributed by atoms with van der Waals surface area (Å²) in [6.45, 7) is 2.20. The Balaban J connectivity index is 1.45. The summed E-state index contributed by atoms with van der Waals surface area (Å²) >= 11 is 0. The largest absolute Gasteiger partial charge is 0.385 e. The number of nitrogens with zero attached hydrogens (tertiary/aromatic N) is 6. The molecular formula is C18H24N6O2. The summed E-state index contributed by atoms with van der Waals surface area (Å²) in [5, 5.41) is 14.7. The van der Waals surface area contributed by atoms with E-state index in [0.29, 0.717) is 43.4 Å². The molecule has 8 nitrogen and oxygen atoms in total. The van der Waals surface area contributed by atoms with Gasteiger partial charge in [-0.15, -0.1) is 0 Å². The van der Waals surface area contributed by atoms with Crippen LogP contribution in [-0.4, -0.2) is 67.7 Å². The van der Waals surface area contributed by atoms with Gasteiger partial charge in [-0.3, -0.25) is 9.48 Å². The van der Waals surface area contributed by atoms with Crippen LogP contribution in [0.15, 0.2) is 18.5 Å². The van der Waals surface area contributed by atoms with Crippen LogP contribution in [0.1, 0.15) is 52.4 Å². The van der Waals surface area contributed by atoms with E-state index in [1.807, 2.05) is 29.7 Å². The number of aromatic nitrogens is 4. The minimum atomic E-state index is -0.629. The van der Waals surface area contributed by atoms with E-state index >= 15 is 0 Å². The molecule has 2 aromatic heterocycles. The maximum Gasteiger partial charge on any atom is 0.257 e. The highest BCUT2D eigenvalue weighted by Crippen LogP contribution is 2.37. The van der Waals surface area contributed by atoms with Gasteiger partial charge >= 0.3 is 0 Å². The van der Waals surface area contributed by atoms with Crippen molar-refractivity contribution < 1.29 is 9.90 Å². The quantitative estimate of drug-likeness (QED) is 0.853. The first-order valence-electron chi connectivity index (χ1n) is 9.02. The normalized spacial score (nSPS) is 18.1. The van der Waals surface area contributed by atoms with Gasteiger partial charge in [-0.2, -0.15) is 5.10 Å². The topological polar surface area (TPSA) is 87.4 Å². The van der Waals surface area contributed by atoms with Crippen molar-refractivity contribution in [1.82, 2.24) is 29.5 Å². The number of rotatable bonds is 5. The summed E-state index contributed by atoms with van der Waals surface area (Å²) in [4.78, 5) is 25.1. The lowest BCUT2D eigenvalue weighted by Crippen LogP contribution is -2.38. The van der Waals surface area contributed by atoms with Crippen molar-refractivity contribution >= 4 is 5.91 Å². The molecule has 0 radical (unpaired) electrons. The van der Waals surface area contributed by atoms with Crippen molar-refractivity contribution in [2.24, 2.45) is 0 Å². The highest BCUT2D eigenvalue weighted by Gasteiger charge is 2.28. The molecule has 0 aromatic carbocycles. The fourth-order valence-electron chi connectivity index (χ4n) is 3.25. The number of amides is 1. The molecular weight excluding hydrogens is 332 g/mol. The third-order valence-electron chi connectivity index (χ3n) is 4.84. The van der Waals surface area contributed by atoms with E-state index in [9.17, 15) is 9.90 Å². The predicted molar refractivity (Wildman–Crippen MR) is 94.5 cm³/mol. The van der Waals surface area contributed by atoms with Crippen LogP contribution in [0, 0.1) is 0 Å². The Bertz CT molecular complexity index is 797. The molecule has 1 fully saturated rings. The zero-order valence-corrected chi connectivity index (χ0v) is 15.2. The minimum absolute atomic E-state index is 0.0600. The molecule has 3 heterocycles. The Kier molecular flexibility index (Phi) is 4.46. The number of carbonyl (C=O) groups excluding carboxylic acids is 1. The Morgan fingerprint density at radius 3 is 2.69 bits per heavy atom. The number of hydrogen-bond donors (Lipinski definition) is 1. The molecule has 4 rings (SSSR count). The Hall–Kier alpha value is -2.32. The van der Waals surface area contributed by atoms with E-state index in [0.717, 1.165) is 24.4 Å². The summed E-state index contributed by atoms with van der Waals surface area (Å²) in [5.74, 6) is 1.27. The summed E-state index contributed by atoms with van der Waals surface area (Å²) in [7, 11) is 3.83. The molecule has 1 unspecified atom stereocenters. The second kappa shape index (κ2) is 6.77. The molecule has 8 heteroatoms. The predicted octanol–water partition coefficient (Wildman–Crippen LogP) is 0.801. The van der Waals surface area contributed by atoms with Crippen LogP contribution < -0.4 is 0 Å². The number of likely N-dealkylation sites (N-methyl/N-ethyl adjacent to an activating group) is 1. The molecule has 138 valence electrons. The molecule has 1 saturated carbocycles. The SMILES string of the molecule is CN(C)CC(O)c1cc2n(n1)CCN(C(=O)c1cnc(C3CC3)nc1)C2. The minimum Gasteiger partial charge on any atom is -0.385 e. The van der Waals surface area contributed by atoms with Gasteiger partial charge in [0, 0.05) is 31.4 Å². The van der Waals surface area contributed by atoms with Gasteiger partial charge in [-0.05, 0) is 33.0 Å². The molecule has 1 aliphatic carbocycles. The van der Waals surface area contributed by atoms with E-state index in [-0.39, 0.29) is 5.91 Å². The van der Waals surface area contributed by atoms with Gasteiger partial charge < -0.3 is 14.9 Å². The molecule has 0 saturated heterocycles. The Morgan fingerprint density at radius 2 is 2.04 bits per heavy atom. The number of aliphatic hydroxyl groups excluding tert-OH is 1. The maximum atomic E-state index is 12.8. The lowest BCUT2D eigenvalue weighted by Gasteiger charge is -2.27. The average molecular weight is 356 g/mol. The lowest BCUT2D eigenvalue weighted by molar-refractivity contribution is 0.0704. The van der Waals surface area contributed by atoms with E-state index in [1.165, 1.54) is 0 Å². The second-order valence-corrected chi connectivity index (χ2v) is 7.39. The molecule has 0 bridgehead atoms. The molecule has 1 N–H and O–H groups in total. The number of aliphatic hydroxyl groups is 1. The number of fused-ring (bicyclic) bond motifs is 1. The summed E-state index contributed by atoms with van der Waals surface area (Å²) in [6.07, 6.45) is 4.94. The van der Waals surface area contributed by atoms with Gasteiger partial charge in [-0.25, -0.2) is 9.97 Å². The molecule has 2 aliphatic rings. The molecule has 1 atom stereocenters. The third kappa shape index (κ3) is 3.47. The number of carbonyl (C=O) groups is 1. The van der Waals surface area contributed by atoms with Gasteiger partial charge in [-0.1, -0.05) is 0 Å². The molecule has 1 aliphatic heterocycles. The zero-order valence-electron chi connectivity index (χ0n) is 15.2. The highest BCUT2D eigenvalue weighted by atomic mass is 16.3. The van der Waals surface area contributed by atoms with Crippen LogP contribution in [0.4, 0.5) is 0 Å². The van der Waals surface area contributed by atoms with Crippen molar-refractivity contribution in [3.05, 3.63) is 41.2 Å². The van der Waals surface area contributed by atoms with Crippen LogP contribution >= 0.6 is 0 Å². The Labute approximate surface area is 152 Å². The first kappa shape index (κ1) is 17.1. The van der Waals surface area contributed by atoms with Crippen LogP contribution in [-0.2, 0) is 13.1 Å². The monoisotopic (exact) mass is 356 g/mol. The summed E-state index contributed by atoms with van der Waals surface area (Å²) in [5.41, 5.74) is 2.11. The standard InChI is InChI=1S/C18H24N6O2/c1-22(2)11-16(25)15-7-14-10-23(5-6-24(14)21-15)18(26)13-8-19-17(20-9-13)12-3-4-12/h7-9,12,16,25H,3-6,10-11H2,1-2H3. The highest BCUT2D eigenvalue weighted by molar-refractivity contribution is 5.93. The fraction of sp³-hybridized carbons (Fsp3) is 0.556. The van der Waals surface area contributed by atoms with Gasteiger partial charge in [0.15, 0.2) is 0 Å². The van der Waals surface area contributed by atoms with Gasteiger partial charge in [0.05, 0.1) is 30.0 Å². The smallest absolute Gasteiger partial charge is 0.257 e. The van der Waals surface area contributed by atoms with Crippen LogP contribution in [0.2, 0.25) is 0 Å². The van der Waals surface area contributed by atoms with Crippen LogP contribution in [0.25, 0.3) is 0 Å². The van der Waals surface area contributed by atoms with Crippen LogP contribution in [0.3, 0.4) is 0 Å². The Morgan fingerprint density at radius 1 is 1.31 bits per heavy atom. The average Bonchev–Trinajstić information content (AvgIpc) is 3.38. The van der Waals surface area contributed by atoms with Crippen molar-refractivity contribution in [2.75, 3.05) is 27.2 Å². The lowest BCUT2D eigenvalue weighted by atomic mass is 10.2.